The summed E-state index contributed by atoms with van der Waals surface area (Å²) >= 11 is 0. The van der Waals surface area contributed by atoms with E-state index in [1.807, 2.05) is 31.2 Å². The Morgan fingerprint density at radius 2 is 2.00 bits per heavy atom. The first-order chi connectivity index (χ1) is 7.19. The van der Waals surface area contributed by atoms with Gasteiger partial charge in [0.15, 0.2) is 0 Å². The second-order valence-corrected chi connectivity index (χ2v) is 3.27. The minimum Gasteiger partial charge on any atom is -0.338 e. The number of nitrogens with two attached hydrogens (primary N) is 1. The molecular weight excluding hydrogens is 190 g/mol. The van der Waals surface area contributed by atoms with Crippen molar-refractivity contribution in [3.8, 4) is 0 Å². The van der Waals surface area contributed by atoms with E-state index in [-0.39, 0.29) is 6.03 Å². The lowest BCUT2D eigenvalue weighted by molar-refractivity contribution is 0.248. The maximum absolute atomic E-state index is 11.5. The molecule has 82 valence electrons. The summed E-state index contributed by atoms with van der Waals surface area (Å²) in [6.45, 7) is 3.04. The molecule has 15 heavy (non-hydrogen) atoms. The molecular formula is C11H17N3O. The lowest BCUT2D eigenvalue weighted by Crippen LogP contribution is -2.37. The molecule has 0 unspecified atom stereocenters. The first kappa shape index (κ1) is 11.5. The Morgan fingerprint density at radius 3 is 2.47 bits per heavy atom. The molecule has 1 aromatic rings. The molecule has 0 bridgehead atoms. The average Bonchev–Trinajstić information content (AvgIpc) is 2.28. The normalized spacial score (nSPS) is 9.80. The topological polar surface area (TPSA) is 58.4 Å². The monoisotopic (exact) mass is 207 g/mol. The van der Waals surface area contributed by atoms with Crippen molar-refractivity contribution >= 4 is 11.7 Å². The van der Waals surface area contributed by atoms with Crippen molar-refractivity contribution in [2.75, 3.05) is 18.5 Å². The Bertz CT molecular complexity index is 321. The predicted octanol–water partition coefficient (Wildman–Crippen LogP) is 1.31. The molecule has 0 aliphatic rings. The molecule has 4 nitrogen and oxygen atoms in total. The van der Waals surface area contributed by atoms with Gasteiger partial charge in [-0.05, 0) is 24.6 Å². The molecule has 1 rings (SSSR count). The Balaban J connectivity index is 2.73. The summed E-state index contributed by atoms with van der Waals surface area (Å²) in [6, 6.07) is 7.52. The highest BCUT2D eigenvalue weighted by Gasteiger charge is 2.08. The van der Waals surface area contributed by atoms with Crippen LogP contribution in [-0.4, -0.2) is 19.6 Å². The fraction of sp³-hybridized carbons (Fsp3) is 0.364. The standard InChI is InChI=1S/C11H17N3O/c1-3-13-11(15)14(2)10-6-4-9(8-12)5-7-10/h4-7H,3,8,12H2,1-2H3,(H,13,15). The van der Waals surface area contributed by atoms with Crippen LogP contribution in [0.25, 0.3) is 0 Å². The number of rotatable bonds is 3. The molecule has 4 heteroatoms. The lowest BCUT2D eigenvalue weighted by Gasteiger charge is -2.17. The van der Waals surface area contributed by atoms with Crippen molar-refractivity contribution in [2.24, 2.45) is 5.73 Å². The molecule has 0 aliphatic heterocycles. The minimum absolute atomic E-state index is 0.0991. The highest BCUT2D eigenvalue weighted by molar-refractivity contribution is 5.91. The zero-order valence-corrected chi connectivity index (χ0v) is 9.16. The Labute approximate surface area is 90.1 Å². The van der Waals surface area contributed by atoms with Crippen molar-refractivity contribution in [3.05, 3.63) is 29.8 Å². The minimum atomic E-state index is -0.0991. The van der Waals surface area contributed by atoms with Crippen LogP contribution in [0.4, 0.5) is 10.5 Å². The first-order valence-corrected chi connectivity index (χ1v) is 4.99. The third-order valence-corrected chi connectivity index (χ3v) is 2.19. The third kappa shape index (κ3) is 2.95. The number of amides is 2. The van der Waals surface area contributed by atoms with Crippen LogP contribution in [-0.2, 0) is 6.54 Å². The summed E-state index contributed by atoms with van der Waals surface area (Å²) in [7, 11) is 1.74. The molecule has 2 amide bonds. The number of nitrogens with one attached hydrogen (secondary N) is 1. The fourth-order valence-electron chi connectivity index (χ4n) is 1.24. The fourth-order valence-corrected chi connectivity index (χ4v) is 1.24. The summed E-state index contributed by atoms with van der Waals surface area (Å²) in [4.78, 5) is 13.1. The maximum atomic E-state index is 11.5. The number of benzene rings is 1. The zero-order valence-electron chi connectivity index (χ0n) is 9.16. The molecule has 0 fully saturated rings. The van der Waals surface area contributed by atoms with Crippen LogP contribution in [0, 0.1) is 0 Å². The third-order valence-electron chi connectivity index (χ3n) is 2.19. The van der Waals surface area contributed by atoms with Crippen molar-refractivity contribution in [1.82, 2.24) is 5.32 Å². The quantitative estimate of drug-likeness (QED) is 0.785. The van der Waals surface area contributed by atoms with E-state index in [0.29, 0.717) is 13.1 Å². The van der Waals surface area contributed by atoms with E-state index in [1.54, 1.807) is 11.9 Å². The Morgan fingerprint density at radius 1 is 1.40 bits per heavy atom. The summed E-state index contributed by atoms with van der Waals surface area (Å²) in [5, 5.41) is 2.73. The van der Waals surface area contributed by atoms with Gasteiger partial charge in [0.2, 0.25) is 0 Å². The molecule has 0 aromatic heterocycles. The van der Waals surface area contributed by atoms with E-state index in [4.69, 9.17) is 5.73 Å². The molecule has 3 N–H and O–H groups in total. The van der Waals surface area contributed by atoms with Crippen LogP contribution in [0.3, 0.4) is 0 Å². The number of urea groups is 1. The highest BCUT2D eigenvalue weighted by atomic mass is 16.2. The first-order valence-electron chi connectivity index (χ1n) is 4.99. The van der Waals surface area contributed by atoms with E-state index >= 15 is 0 Å². The van der Waals surface area contributed by atoms with Gasteiger partial charge in [0.05, 0.1) is 0 Å². The van der Waals surface area contributed by atoms with Gasteiger partial charge in [0.1, 0.15) is 0 Å². The number of anilines is 1. The SMILES string of the molecule is CCNC(=O)N(C)c1ccc(CN)cc1. The van der Waals surface area contributed by atoms with E-state index < -0.39 is 0 Å². The van der Waals surface area contributed by atoms with Crippen molar-refractivity contribution < 1.29 is 4.79 Å². The maximum Gasteiger partial charge on any atom is 0.321 e. The molecule has 0 spiro atoms. The van der Waals surface area contributed by atoms with Crippen molar-refractivity contribution in [3.63, 3.8) is 0 Å². The lowest BCUT2D eigenvalue weighted by atomic mass is 10.2. The second kappa shape index (κ2) is 5.36. The number of hydrogen-bond acceptors (Lipinski definition) is 2. The Kier molecular flexibility index (Phi) is 4.12. The smallest absolute Gasteiger partial charge is 0.321 e. The predicted molar refractivity (Wildman–Crippen MR) is 61.8 cm³/mol. The van der Waals surface area contributed by atoms with Gasteiger partial charge in [-0.15, -0.1) is 0 Å². The van der Waals surface area contributed by atoms with Crippen LogP contribution in [0.1, 0.15) is 12.5 Å². The summed E-state index contributed by atoms with van der Waals surface area (Å²) in [5.74, 6) is 0. The van der Waals surface area contributed by atoms with E-state index in [9.17, 15) is 4.79 Å². The molecule has 0 aliphatic carbocycles. The van der Waals surface area contributed by atoms with E-state index in [2.05, 4.69) is 5.32 Å². The van der Waals surface area contributed by atoms with Gasteiger partial charge < -0.3 is 11.1 Å². The van der Waals surface area contributed by atoms with Gasteiger partial charge in [-0.2, -0.15) is 0 Å². The molecule has 0 saturated carbocycles. The molecule has 0 radical (unpaired) electrons. The van der Waals surface area contributed by atoms with Gasteiger partial charge in [-0.1, -0.05) is 12.1 Å². The largest absolute Gasteiger partial charge is 0.338 e. The summed E-state index contributed by atoms with van der Waals surface area (Å²) < 4.78 is 0. The van der Waals surface area contributed by atoms with Gasteiger partial charge in [0, 0.05) is 25.8 Å². The second-order valence-electron chi connectivity index (χ2n) is 3.27. The van der Waals surface area contributed by atoms with Crippen LogP contribution >= 0.6 is 0 Å². The van der Waals surface area contributed by atoms with Crippen LogP contribution < -0.4 is 16.0 Å². The Hall–Kier alpha value is -1.55. The van der Waals surface area contributed by atoms with E-state index in [1.165, 1.54) is 0 Å². The number of carbonyl (C=O) groups is 1. The zero-order chi connectivity index (χ0) is 11.3. The van der Waals surface area contributed by atoms with Crippen molar-refractivity contribution in [2.45, 2.75) is 13.5 Å². The van der Waals surface area contributed by atoms with E-state index in [0.717, 1.165) is 11.3 Å². The van der Waals surface area contributed by atoms with Gasteiger partial charge in [0.25, 0.3) is 0 Å². The summed E-state index contributed by atoms with van der Waals surface area (Å²) in [5.41, 5.74) is 7.41. The average molecular weight is 207 g/mol. The number of carbonyl (C=O) groups excluding carboxylic acids is 1. The van der Waals surface area contributed by atoms with Crippen LogP contribution in [0.5, 0.6) is 0 Å². The summed E-state index contributed by atoms with van der Waals surface area (Å²) in [6.07, 6.45) is 0. The van der Waals surface area contributed by atoms with Crippen molar-refractivity contribution in [1.29, 1.82) is 0 Å². The number of nitrogens with zero attached hydrogens (tertiary/aromatic N) is 1. The number of hydrogen-bond donors (Lipinski definition) is 2. The molecule has 0 atom stereocenters. The molecule has 0 heterocycles. The van der Waals surface area contributed by atoms with Gasteiger partial charge in [-0.25, -0.2) is 4.79 Å². The molecule has 1 aromatic carbocycles. The molecule has 0 saturated heterocycles. The highest BCUT2D eigenvalue weighted by Crippen LogP contribution is 2.13. The van der Waals surface area contributed by atoms with Gasteiger partial charge in [-0.3, -0.25) is 4.90 Å². The van der Waals surface area contributed by atoms with Crippen LogP contribution in [0.2, 0.25) is 0 Å². The van der Waals surface area contributed by atoms with Crippen LogP contribution in [0.15, 0.2) is 24.3 Å². The van der Waals surface area contributed by atoms with Gasteiger partial charge >= 0.3 is 6.03 Å².